The summed E-state index contributed by atoms with van der Waals surface area (Å²) in [6.07, 6.45) is 2.80. The van der Waals surface area contributed by atoms with E-state index in [2.05, 4.69) is 0 Å². The van der Waals surface area contributed by atoms with Crippen molar-refractivity contribution < 1.29 is 19.1 Å². The van der Waals surface area contributed by atoms with Crippen molar-refractivity contribution in [2.75, 3.05) is 26.8 Å². The Morgan fingerprint density at radius 3 is 2.75 bits per heavy atom. The lowest BCUT2D eigenvalue weighted by atomic mass is 9.91. The second-order valence-corrected chi connectivity index (χ2v) is 6.62. The molecule has 2 amide bonds. The predicted molar refractivity (Wildman–Crippen MR) is 88.8 cm³/mol. The topological polar surface area (TPSA) is 81.9 Å². The molecule has 130 valence electrons. The molecule has 6 heteroatoms. The Morgan fingerprint density at radius 2 is 2.08 bits per heavy atom. The average molecular weight is 332 g/mol. The maximum atomic E-state index is 12.7. The molecule has 1 fully saturated rings. The van der Waals surface area contributed by atoms with Gasteiger partial charge in [0.25, 0.3) is 0 Å². The second kappa shape index (κ2) is 7.11. The van der Waals surface area contributed by atoms with Gasteiger partial charge in [-0.05, 0) is 36.8 Å². The lowest BCUT2D eigenvalue weighted by molar-refractivity contribution is -0.138. The molecule has 1 saturated heterocycles. The maximum Gasteiger partial charge on any atom is 0.229 e. The number of nitrogens with two attached hydrogens (primary N) is 1. The van der Waals surface area contributed by atoms with Crippen LogP contribution in [-0.2, 0) is 16.0 Å². The molecule has 1 aromatic rings. The van der Waals surface area contributed by atoms with Crippen molar-refractivity contribution in [2.24, 2.45) is 17.6 Å². The molecular weight excluding hydrogens is 308 g/mol. The van der Waals surface area contributed by atoms with Gasteiger partial charge in [0, 0.05) is 25.6 Å². The SMILES string of the molecule is COc1ccc2c(c1)OC[C@@H](C(=O)N1CCC(CC(N)=O)CC1)C2. The summed E-state index contributed by atoms with van der Waals surface area (Å²) < 4.78 is 11.0. The summed E-state index contributed by atoms with van der Waals surface area (Å²) in [6.45, 7) is 1.80. The standard InChI is InChI=1S/C18H24N2O4/c1-23-15-3-2-13-9-14(11-24-16(13)10-15)18(22)20-6-4-12(5-7-20)8-17(19)21/h2-3,10,12,14H,4-9,11H2,1H3,(H2,19,21)/t14-/m0/s1. The van der Waals surface area contributed by atoms with E-state index in [9.17, 15) is 9.59 Å². The number of hydrogen-bond acceptors (Lipinski definition) is 4. The molecule has 1 atom stereocenters. The second-order valence-electron chi connectivity index (χ2n) is 6.62. The van der Waals surface area contributed by atoms with Crippen molar-refractivity contribution in [3.8, 4) is 11.5 Å². The van der Waals surface area contributed by atoms with E-state index in [4.69, 9.17) is 15.2 Å². The number of nitrogens with zero attached hydrogens (tertiary/aromatic N) is 1. The number of hydrogen-bond donors (Lipinski definition) is 1. The van der Waals surface area contributed by atoms with Crippen molar-refractivity contribution in [3.05, 3.63) is 23.8 Å². The number of methoxy groups -OCH3 is 1. The number of carbonyl (C=O) groups excluding carboxylic acids is 2. The first-order valence-corrected chi connectivity index (χ1v) is 8.43. The van der Waals surface area contributed by atoms with Crippen LogP contribution in [0.3, 0.4) is 0 Å². The molecule has 24 heavy (non-hydrogen) atoms. The zero-order chi connectivity index (χ0) is 17.1. The lowest BCUT2D eigenvalue weighted by Gasteiger charge is -2.35. The molecule has 2 aliphatic heterocycles. The minimum atomic E-state index is -0.257. The van der Waals surface area contributed by atoms with E-state index in [0.29, 0.717) is 38.5 Å². The van der Waals surface area contributed by atoms with Crippen LogP contribution in [0.2, 0.25) is 0 Å². The Bertz CT molecular complexity index is 623. The van der Waals surface area contributed by atoms with Gasteiger partial charge in [-0.15, -0.1) is 0 Å². The van der Waals surface area contributed by atoms with Crippen LogP contribution in [0.15, 0.2) is 18.2 Å². The zero-order valence-corrected chi connectivity index (χ0v) is 14.0. The first-order chi connectivity index (χ1) is 11.6. The minimum absolute atomic E-state index is 0.140. The highest BCUT2D eigenvalue weighted by Crippen LogP contribution is 2.32. The third kappa shape index (κ3) is 3.63. The molecule has 0 saturated carbocycles. The number of rotatable bonds is 4. The van der Waals surface area contributed by atoms with Gasteiger partial charge in [-0.3, -0.25) is 9.59 Å². The first kappa shape index (κ1) is 16.6. The monoisotopic (exact) mass is 332 g/mol. The molecule has 6 nitrogen and oxygen atoms in total. The van der Waals surface area contributed by atoms with Crippen LogP contribution < -0.4 is 15.2 Å². The average Bonchev–Trinajstić information content (AvgIpc) is 2.60. The highest BCUT2D eigenvalue weighted by Gasteiger charge is 2.32. The molecule has 2 heterocycles. The van der Waals surface area contributed by atoms with Crippen molar-refractivity contribution in [1.82, 2.24) is 4.90 Å². The molecule has 1 aromatic carbocycles. The van der Waals surface area contributed by atoms with Gasteiger partial charge in [-0.1, -0.05) is 6.07 Å². The van der Waals surface area contributed by atoms with Crippen molar-refractivity contribution >= 4 is 11.8 Å². The Labute approximate surface area is 141 Å². The molecule has 0 radical (unpaired) electrons. The summed E-state index contributed by atoms with van der Waals surface area (Å²) >= 11 is 0. The van der Waals surface area contributed by atoms with E-state index in [1.54, 1.807) is 7.11 Å². The largest absolute Gasteiger partial charge is 0.497 e. The molecule has 2 N–H and O–H groups in total. The normalized spacial score (nSPS) is 20.9. The highest BCUT2D eigenvalue weighted by atomic mass is 16.5. The van der Waals surface area contributed by atoms with E-state index in [1.165, 1.54) is 0 Å². The number of amides is 2. The van der Waals surface area contributed by atoms with Gasteiger partial charge in [-0.2, -0.15) is 0 Å². The summed E-state index contributed by atoms with van der Waals surface area (Å²) in [5.41, 5.74) is 6.30. The predicted octanol–water partition coefficient (Wildman–Crippen LogP) is 1.36. The van der Waals surface area contributed by atoms with E-state index >= 15 is 0 Å². The van der Waals surface area contributed by atoms with E-state index in [0.717, 1.165) is 29.9 Å². The van der Waals surface area contributed by atoms with E-state index in [-0.39, 0.29) is 17.7 Å². The third-order valence-electron chi connectivity index (χ3n) is 4.95. The maximum absolute atomic E-state index is 12.7. The van der Waals surface area contributed by atoms with Crippen LogP contribution in [-0.4, -0.2) is 43.5 Å². The quantitative estimate of drug-likeness (QED) is 0.902. The van der Waals surface area contributed by atoms with Gasteiger partial charge < -0.3 is 20.1 Å². The van der Waals surface area contributed by atoms with E-state index in [1.807, 2.05) is 23.1 Å². The number of benzene rings is 1. The molecule has 0 unspecified atom stereocenters. The summed E-state index contributed by atoms with van der Waals surface area (Å²) in [5, 5.41) is 0. The molecule has 0 spiro atoms. The van der Waals surface area contributed by atoms with Gasteiger partial charge in [0.1, 0.15) is 18.1 Å². The summed E-state index contributed by atoms with van der Waals surface area (Å²) in [5.74, 6) is 1.62. The molecule has 2 aliphatic rings. The van der Waals surface area contributed by atoms with Crippen LogP contribution in [0, 0.1) is 11.8 Å². The molecular formula is C18H24N2O4. The lowest BCUT2D eigenvalue weighted by Crippen LogP contribution is -2.45. The summed E-state index contributed by atoms with van der Waals surface area (Å²) in [4.78, 5) is 25.7. The van der Waals surface area contributed by atoms with Crippen molar-refractivity contribution in [2.45, 2.75) is 25.7 Å². The fourth-order valence-electron chi connectivity index (χ4n) is 3.54. The molecule has 0 aromatic heterocycles. The van der Waals surface area contributed by atoms with Crippen LogP contribution in [0.5, 0.6) is 11.5 Å². The van der Waals surface area contributed by atoms with Crippen LogP contribution >= 0.6 is 0 Å². The fourth-order valence-corrected chi connectivity index (χ4v) is 3.54. The molecule has 0 bridgehead atoms. The fraction of sp³-hybridized carbons (Fsp3) is 0.556. The van der Waals surface area contributed by atoms with E-state index < -0.39 is 0 Å². The summed E-state index contributed by atoms with van der Waals surface area (Å²) in [7, 11) is 1.62. The van der Waals surface area contributed by atoms with Gasteiger partial charge in [0.2, 0.25) is 11.8 Å². The highest BCUT2D eigenvalue weighted by molar-refractivity contribution is 5.80. The Balaban J connectivity index is 1.58. The van der Waals surface area contributed by atoms with Crippen LogP contribution in [0.25, 0.3) is 0 Å². The zero-order valence-electron chi connectivity index (χ0n) is 14.0. The van der Waals surface area contributed by atoms with Gasteiger partial charge >= 0.3 is 0 Å². The first-order valence-electron chi connectivity index (χ1n) is 8.43. The Hall–Kier alpha value is -2.24. The number of carbonyl (C=O) groups is 2. The molecule has 0 aliphatic carbocycles. The van der Waals surface area contributed by atoms with Gasteiger partial charge in [0.05, 0.1) is 13.0 Å². The minimum Gasteiger partial charge on any atom is -0.497 e. The number of likely N-dealkylation sites (tertiary alicyclic amines) is 1. The smallest absolute Gasteiger partial charge is 0.229 e. The summed E-state index contributed by atoms with van der Waals surface area (Å²) in [6, 6.07) is 5.72. The van der Waals surface area contributed by atoms with Crippen LogP contribution in [0.4, 0.5) is 0 Å². The number of primary amides is 1. The Kier molecular flexibility index (Phi) is 4.92. The van der Waals surface area contributed by atoms with Crippen molar-refractivity contribution in [3.63, 3.8) is 0 Å². The van der Waals surface area contributed by atoms with Gasteiger partial charge in [-0.25, -0.2) is 0 Å². The van der Waals surface area contributed by atoms with Gasteiger partial charge in [0.15, 0.2) is 0 Å². The number of fused-ring (bicyclic) bond motifs is 1. The number of piperidine rings is 1. The van der Waals surface area contributed by atoms with Crippen molar-refractivity contribution in [1.29, 1.82) is 0 Å². The Morgan fingerprint density at radius 1 is 1.33 bits per heavy atom. The third-order valence-corrected chi connectivity index (χ3v) is 4.95. The van der Waals surface area contributed by atoms with Crippen LogP contribution in [0.1, 0.15) is 24.8 Å². The number of ether oxygens (including phenoxy) is 2. The molecule has 3 rings (SSSR count).